The molecular weight excluding hydrogens is 198 g/mol. The van der Waals surface area contributed by atoms with Crippen LogP contribution in [0.3, 0.4) is 0 Å². The lowest BCUT2D eigenvalue weighted by molar-refractivity contribution is 0.195. The maximum Gasteiger partial charge on any atom is 0.125 e. The molecular formula is C10H15NO4. The zero-order valence-corrected chi connectivity index (χ0v) is 8.35. The predicted molar refractivity (Wildman–Crippen MR) is 56.0 cm³/mol. The quantitative estimate of drug-likeness (QED) is 0.580. The van der Waals surface area contributed by atoms with E-state index < -0.39 is 0 Å². The number of hydrogen-bond acceptors (Lipinski definition) is 5. The third-order valence-corrected chi connectivity index (χ3v) is 1.62. The van der Waals surface area contributed by atoms with Crippen molar-refractivity contribution in [2.24, 2.45) is 0 Å². The first-order valence-electron chi connectivity index (χ1n) is 4.64. The molecule has 0 atom stereocenters. The van der Waals surface area contributed by atoms with Gasteiger partial charge in [0.1, 0.15) is 24.7 Å². The molecule has 0 saturated heterocycles. The van der Waals surface area contributed by atoms with Crippen LogP contribution in [0, 0.1) is 0 Å². The smallest absolute Gasteiger partial charge is 0.125 e. The van der Waals surface area contributed by atoms with Gasteiger partial charge in [-0.1, -0.05) is 0 Å². The summed E-state index contributed by atoms with van der Waals surface area (Å²) in [5.74, 6) is 1.08. The van der Waals surface area contributed by atoms with E-state index in [2.05, 4.69) is 0 Å². The van der Waals surface area contributed by atoms with Gasteiger partial charge >= 0.3 is 0 Å². The van der Waals surface area contributed by atoms with Crippen LogP contribution in [0.1, 0.15) is 0 Å². The first-order chi connectivity index (χ1) is 7.26. The van der Waals surface area contributed by atoms with Crippen LogP contribution in [0.5, 0.6) is 11.5 Å². The van der Waals surface area contributed by atoms with Gasteiger partial charge in [0.15, 0.2) is 0 Å². The summed E-state index contributed by atoms with van der Waals surface area (Å²) in [4.78, 5) is 0. The molecule has 4 N–H and O–H groups in total. The van der Waals surface area contributed by atoms with Gasteiger partial charge in [0.2, 0.25) is 0 Å². The van der Waals surface area contributed by atoms with E-state index >= 15 is 0 Å². The average Bonchev–Trinajstić information content (AvgIpc) is 2.23. The lowest BCUT2D eigenvalue weighted by Crippen LogP contribution is -2.04. The second-order valence-electron chi connectivity index (χ2n) is 2.88. The number of hydrogen-bond donors (Lipinski definition) is 3. The van der Waals surface area contributed by atoms with Gasteiger partial charge in [-0.05, 0) is 0 Å². The molecule has 0 aliphatic carbocycles. The fourth-order valence-corrected chi connectivity index (χ4v) is 1.09. The SMILES string of the molecule is Nc1cc(OCCO)cc(OCCO)c1. The maximum atomic E-state index is 8.59. The summed E-state index contributed by atoms with van der Waals surface area (Å²) in [6.07, 6.45) is 0. The summed E-state index contributed by atoms with van der Waals surface area (Å²) >= 11 is 0. The number of ether oxygens (including phenoxy) is 2. The van der Waals surface area contributed by atoms with Crippen molar-refractivity contribution in [2.75, 3.05) is 32.2 Å². The molecule has 1 rings (SSSR count). The minimum absolute atomic E-state index is 0.0539. The van der Waals surface area contributed by atoms with Gasteiger partial charge in [-0.25, -0.2) is 0 Å². The summed E-state index contributed by atoms with van der Waals surface area (Å²) in [5, 5.41) is 17.2. The summed E-state index contributed by atoms with van der Waals surface area (Å²) in [6.45, 7) is 0.315. The van der Waals surface area contributed by atoms with Crippen molar-refractivity contribution >= 4 is 5.69 Å². The number of benzene rings is 1. The molecule has 0 aliphatic rings. The molecule has 0 fully saturated rings. The zero-order chi connectivity index (χ0) is 11.1. The standard InChI is InChI=1S/C10H15NO4/c11-8-5-9(14-3-1-12)7-10(6-8)15-4-2-13/h5-7,12-13H,1-4,11H2. The molecule has 1 aromatic carbocycles. The fraction of sp³-hybridized carbons (Fsp3) is 0.400. The highest BCUT2D eigenvalue weighted by Gasteiger charge is 2.00. The van der Waals surface area contributed by atoms with Crippen LogP contribution in [-0.4, -0.2) is 36.6 Å². The van der Waals surface area contributed by atoms with Crippen LogP contribution in [0.25, 0.3) is 0 Å². The first kappa shape index (κ1) is 11.6. The molecule has 0 spiro atoms. The molecule has 84 valence electrons. The average molecular weight is 213 g/mol. The number of nitrogens with two attached hydrogens (primary N) is 1. The van der Waals surface area contributed by atoms with Crippen molar-refractivity contribution < 1.29 is 19.7 Å². The van der Waals surface area contributed by atoms with Gasteiger partial charge in [-0.2, -0.15) is 0 Å². The highest BCUT2D eigenvalue weighted by atomic mass is 16.5. The van der Waals surface area contributed by atoms with Crippen LogP contribution >= 0.6 is 0 Å². The summed E-state index contributed by atoms with van der Waals surface area (Å²) in [6, 6.07) is 4.94. The molecule has 15 heavy (non-hydrogen) atoms. The van der Waals surface area contributed by atoms with Gasteiger partial charge in [0, 0.05) is 23.9 Å². The van der Waals surface area contributed by atoms with Crippen molar-refractivity contribution in [3.05, 3.63) is 18.2 Å². The van der Waals surface area contributed by atoms with Crippen LogP contribution < -0.4 is 15.2 Å². The normalized spacial score (nSPS) is 10.0. The predicted octanol–water partition coefficient (Wildman–Crippen LogP) is 0.0110. The maximum absolute atomic E-state index is 8.59. The number of aliphatic hydroxyl groups is 2. The lowest BCUT2D eigenvalue weighted by atomic mass is 10.3. The Kier molecular flexibility index (Phi) is 4.73. The van der Waals surface area contributed by atoms with Crippen LogP contribution in [0.4, 0.5) is 5.69 Å². The lowest BCUT2D eigenvalue weighted by Gasteiger charge is -2.09. The van der Waals surface area contributed by atoms with Crippen LogP contribution in [0.15, 0.2) is 18.2 Å². The van der Waals surface area contributed by atoms with E-state index in [-0.39, 0.29) is 26.4 Å². The number of nitrogen functional groups attached to an aromatic ring is 1. The number of anilines is 1. The monoisotopic (exact) mass is 213 g/mol. The molecule has 0 aliphatic heterocycles. The minimum Gasteiger partial charge on any atom is -0.491 e. The highest BCUT2D eigenvalue weighted by molar-refractivity contribution is 5.50. The Hall–Kier alpha value is -1.46. The second-order valence-corrected chi connectivity index (χ2v) is 2.88. The molecule has 0 amide bonds. The molecule has 1 aromatic rings. The third-order valence-electron chi connectivity index (χ3n) is 1.62. The van der Waals surface area contributed by atoms with Crippen molar-refractivity contribution in [3.63, 3.8) is 0 Å². The molecule has 0 bridgehead atoms. The largest absolute Gasteiger partial charge is 0.491 e. The van der Waals surface area contributed by atoms with Gasteiger partial charge in [0.05, 0.1) is 13.2 Å². The Balaban J connectivity index is 2.66. The topological polar surface area (TPSA) is 84.9 Å². The van der Waals surface area contributed by atoms with Gasteiger partial charge in [-0.15, -0.1) is 0 Å². The van der Waals surface area contributed by atoms with E-state index in [9.17, 15) is 0 Å². The van der Waals surface area contributed by atoms with Crippen LogP contribution in [0.2, 0.25) is 0 Å². The van der Waals surface area contributed by atoms with E-state index in [1.807, 2.05) is 0 Å². The van der Waals surface area contributed by atoms with Crippen LogP contribution in [-0.2, 0) is 0 Å². The summed E-state index contributed by atoms with van der Waals surface area (Å²) in [7, 11) is 0. The fourth-order valence-electron chi connectivity index (χ4n) is 1.09. The molecule has 5 nitrogen and oxygen atoms in total. The molecule has 5 heteroatoms. The van der Waals surface area contributed by atoms with E-state index in [4.69, 9.17) is 25.4 Å². The van der Waals surface area contributed by atoms with Crippen molar-refractivity contribution in [2.45, 2.75) is 0 Å². The highest BCUT2D eigenvalue weighted by Crippen LogP contribution is 2.24. The van der Waals surface area contributed by atoms with Crippen molar-refractivity contribution in [1.82, 2.24) is 0 Å². The number of rotatable bonds is 6. The van der Waals surface area contributed by atoms with E-state index in [0.29, 0.717) is 17.2 Å². The van der Waals surface area contributed by atoms with E-state index in [1.54, 1.807) is 18.2 Å². The Morgan fingerprint density at radius 2 is 1.40 bits per heavy atom. The number of aliphatic hydroxyl groups excluding tert-OH is 2. The van der Waals surface area contributed by atoms with E-state index in [1.165, 1.54) is 0 Å². The van der Waals surface area contributed by atoms with Gasteiger partial charge in [0.25, 0.3) is 0 Å². The Bertz CT molecular complexity index is 277. The minimum atomic E-state index is -0.0539. The molecule has 0 radical (unpaired) electrons. The Morgan fingerprint density at radius 3 is 1.80 bits per heavy atom. The van der Waals surface area contributed by atoms with Crippen molar-refractivity contribution in [3.8, 4) is 11.5 Å². The molecule has 0 saturated carbocycles. The molecule has 0 unspecified atom stereocenters. The summed E-state index contributed by atoms with van der Waals surface area (Å²) in [5.41, 5.74) is 6.13. The Labute approximate surface area is 88.0 Å². The zero-order valence-electron chi connectivity index (χ0n) is 8.35. The van der Waals surface area contributed by atoms with Gasteiger partial charge in [-0.3, -0.25) is 0 Å². The first-order valence-corrected chi connectivity index (χ1v) is 4.64. The second kappa shape index (κ2) is 6.10. The molecule has 0 aromatic heterocycles. The third kappa shape index (κ3) is 4.05. The van der Waals surface area contributed by atoms with Crippen molar-refractivity contribution in [1.29, 1.82) is 0 Å². The summed E-state index contributed by atoms with van der Waals surface area (Å²) < 4.78 is 10.4. The molecule has 0 heterocycles. The van der Waals surface area contributed by atoms with Gasteiger partial charge < -0.3 is 25.4 Å². The van der Waals surface area contributed by atoms with E-state index in [0.717, 1.165) is 0 Å². The Morgan fingerprint density at radius 1 is 0.933 bits per heavy atom.